The predicted octanol–water partition coefficient (Wildman–Crippen LogP) is 0.155. The quantitative estimate of drug-likeness (QED) is 0.536. The Morgan fingerprint density at radius 3 is 2.65 bits per heavy atom. The second-order valence-electron chi connectivity index (χ2n) is 5.64. The minimum Gasteiger partial charge on any atom is -0.355 e. The van der Waals surface area contributed by atoms with E-state index in [9.17, 15) is 14.4 Å². The largest absolute Gasteiger partial charge is 0.355 e. The summed E-state index contributed by atoms with van der Waals surface area (Å²) in [6.07, 6.45) is 1.84. The van der Waals surface area contributed by atoms with Crippen molar-refractivity contribution in [3.8, 4) is 0 Å². The highest BCUT2D eigenvalue weighted by molar-refractivity contribution is 6.01. The third-order valence-corrected chi connectivity index (χ3v) is 3.59. The Kier molecular flexibility index (Phi) is 5.70. The van der Waals surface area contributed by atoms with Gasteiger partial charge in [0.2, 0.25) is 11.8 Å². The van der Waals surface area contributed by atoms with Crippen LogP contribution in [0.1, 0.15) is 35.7 Å². The van der Waals surface area contributed by atoms with E-state index in [2.05, 4.69) is 16.0 Å². The van der Waals surface area contributed by atoms with Crippen molar-refractivity contribution in [3.63, 3.8) is 0 Å². The molecule has 0 radical (unpaired) electrons. The van der Waals surface area contributed by atoms with E-state index < -0.39 is 6.04 Å². The van der Waals surface area contributed by atoms with E-state index in [-0.39, 0.29) is 17.7 Å². The zero-order valence-electron chi connectivity index (χ0n) is 13.1. The smallest absolute Gasteiger partial charge is 0.251 e. The highest BCUT2D eigenvalue weighted by Crippen LogP contribution is 2.23. The van der Waals surface area contributed by atoms with Gasteiger partial charge in [-0.05, 0) is 43.5 Å². The first-order valence-electron chi connectivity index (χ1n) is 7.71. The van der Waals surface area contributed by atoms with Crippen LogP contribution in [-0.2, 0) is 16.0 Å². The highest BCUT2D eigenvalue weighted by Gasteiger charge is 2.18. The lowest BCUT2D eigenvalue weighted by atomic mass is 10.1. The van der Waals surface area contributed by atoms with Gasteiger partial charge >= 0.3 is 0 Å². The van der Waals surface area contributed by atoms with Gasteiger partial charge in [0.15, 0.2) is 0 Å². The van der Waals surface area contributed by atoms with E-state index in [0.717, 1.165) is 24.1 Å². The molecular weight excluding hydrogens is 296 g/mol. The van der Waals surface area contributed by atoms with Crippen molar-refractivity contribution >= 4 is 23.4 Å². The fraction of sp³-hybridized carbons (Fsp3) is 0.438. The Morgan fingerprint density at radius 1 is 1.26 bits per heavy atom. The molecule has 1 aromatic carbocycles. The molecule has 5 N–H and O–H groups in total. The van der Waals surface area contributed by atoms with Crippen LogP contribution in [0.15, 0.2) is 18.2 Å². The Hall–Kier alpha value is -2.41. The first-order chi connectivity index (χ1) is 11.0. The van der Waals surface area contributed by atoms with E-state index in [0.29, 0.717) is 25.1 Å². The highest BCUT2D eigenvalue weighted by atomic mass is 16.2. The van der Waals surface area contributed by atoms with Crippen LogP contribution in [0.25, 0.3) is 0 Å². The molecule has 0 saturated carbocycles. The molecule has 0 aromatic heterocycles. The number of unbranched alkanes of at least 4 members (excludes halogenated alkanes) is 1. The molecule has 7 heteroatoms. The maximum absolute atomic E-state index is 12.1. The number of anilines is 1. The van der Waals surface area contributed by atoms with Crippen LogP contribution in [0, 0.1) is 0 Å². The molecule has 1 atom stereocenters. The van der Waals surface area contributed by atoms with Gasteiger partial charge in [-0.3, -0.25) is 14.4 Å². The molecule has 124 valence electrons. The average Bonchev–Trinajstić information content (AvgIpc) is 2.89. The lowest BCUT2D eigenvalue weighted by Gasteiger charge is -2.08. The van der Waals surface area contributed by atoms with Gasteiger partial charge in [0, 0.05) is 24.3 Å². The third-order valence-electron chi connectivity index (χ3n) is 3.59. The van der Waals surface area contributed by atoms with E-state index in [4.69, 9.17) is 5.73 Å². The number of fused-ring (bicyclic) bond motifs is 1. The molecule has 0 fully saturated rings. The molecule has 1 aliphatic heterocycles. The van der Waals surface area contributed by atoms with Gasteiger partial charge in [0.25, 0.3) is 5.91 Å². The van der Waals surface area contributed by atoms with Crippen LogP contribution >= 0.6 is 0 Å². The number of hydrogen-bond acceptors (Lipinski definition) is 4. The maximum atomic E-state index is 12.1. The maximum Gasteiger partial charge on any atom is 0.251 e. The molecular formula is C16H22N4O3. The minimum absolute atomic E-state index is 0.0496. The number of nitrogens with two attached hydrogens (primary N) is 1. The van der Waals surface area contributed by atoms with E-state index in [1.165, 1.54) is 0 Å². The molecule has 2 rings (SSSR count). The predicted molar refractivity (Wildman–Crippen MR) is 87.0 cm³/mol. The minimum atomic E-state index is -0.504. The molecule has 0 spiro atoms. The number of benzene rings is 1. The number of carbonyl (C=O) groups excluding carboxylic acids is 3. The lowest BCUT2D eigenvalue weighted by molar-refractivity contribution is -0.122. The molecule has 3 amide bonds. The molecule has 23 heavy (non-hydrogen) atoms. The number of amides is 3. The second kappa shape index (κ2) is 7.73. The molecule has 1 heterocycles. The summed E-state index contributed by atoms with van der Waals surface area (Å²) in [5.41, 5.74) is 7.60. The first-order valence-corrected chi connectivity index (χ1v) is 7.71. The SMILES string of the molecule is C[C@@H](N)C(=O)NCCCCNC(=O)c1ccc2c(c1)CC(=O)N2. The van der Waals surface area contributed by atoms with Crippen LogP contribution in [-0.4, -0.2) is 36.9 Å². The molecule has 0 unspecified atom stereocenters. The van der Waals surface area contributed by atoms with Gasteiger partial charge in [-0.15, -0.1) is 0 Å². The normalized spacial score (nSPS) is 13.9. The van der Waals surface area contributed by atoms with Gasteiger partial charge in [-0.25, -0.2) is 0 Å². The van der Waals surface area contributed by atoms with Crippen LogP contribution in [0.2, 0.25) is 0 Å². The van der Waals surface area contributed by atoms with Crippen LogP contribution in [0.3, 0.4) is 0 Å². The zero-order chi connectivity index (χ0) is 16.8. The molecule has 0 aliphatic carbocycles. The van der Waals surface area contributed by atoms with Gasteiger partial charge in [0.1, 0.15) is 0 Å². The van der Waals surface area contributed by atoms with E-state index >= 15 is 0 Å². The van der Waals surface area contributed by atoms with Gasteiger partial charge < -0.3 is 21.7 Å². The topological polar surface area (TPSA) is 113 Å². The van der Waals surface area contributed by atoms with Crippen LogP contribution in [0.5, 0.6) is 0 Å². The Morgan fingerprint density at radius 2 is 1.96 bits per heavy atom. The summed E-state index contributed by atoms with van der Waals surface area (Å²) in [4.78, 5) is 34.6. The van der Waals surface area contributed by atoms with Gasteiger partial charge in [-0.2, -0.15) is 0 Å². The lowest BCUT2D eigenvalue weighted by Crippen LogP contribution is -2.38. The number of hydrogen-bond donors (Lipinski definition) is 4. The van der Waals surface area contributed by atoms with E-state index in [1.54, 1.807) is 25.1 Å². The van der Waals surface area contributed by atoms with Crippen LogP contribution in [0.4, 0.5) is 5.69 Å². The van der Waals surface area contributed by atoms with Crippen molar-refractivity contribution < 1.29 is 14.4 Å². The van der Waals surface area contributed by atoms with Gasteiger partial charge in [0.05, 0.1) is 12.5 Å². The fourth-order valence-corrected chi connectivity index (χ4v) is 2.30. The van der Waals surface area contributed by atoms with E-state index in [1.807, 2.05) is 0 Å². The van der Waals surface area contributed by atoms with Crippen molar-refractivity contribution in [1.29, 1.82) is 0 Å². The summed E-state index contributed by atoms with van der Waals surface area (Å²) in [6, 6.07) is 4.68. The summed E-state index contributed by atoms with van der Waals surface area (Å²) < 4.78 is 0. The summed E-state index contributed by atoms with van der Waals surface area (Å²) >= 11 is 0. The number of rotatable bonds is 7. The molecule has 1 aliphatic rings. The second-order valence-corrected chi connectivity index (χ2v) is 5.64. The summed E-state index contributed by atoms with van der Waals surface area (Å²) in [5.74, 6) is -0.381. The monoisotopic (exact) mass is 318 g/mol. The molecule has 0 bridgehead atoms. The zero-order valence-corrected chi connectivity index (χ0v) is 13.1. The van der Waals surface area contributed by atoms with Crippen molar-refractivity contribution in [3.05, 3.63) is 29.3 Å². The molecule has 1 aromatic rings. The third kappa shape index (κ3) is 4.79. The summed E-state index contributed by atoms with van der Waals surface area (Å²) in [5, 5.41) is 8.28. The Labute approximate surface area is 135 Å². The first kappa shape index (κ1) is 17.0. The van der Waals surface area contributed by atoms with Crippen molar-refractivity contribution in [2.24, 2.45) is 5.73 Å². The Balaban J connectivity index is 1.69. The Bertz CT molecular complexity index is 613. The van der Waals surface area contributed by atoms with Crippen molar-refractivity contribution in [2.45, 2.75) is 32.2 Å². The summed E-state index contributed by atoms with van der Waals surface area (Å²) in [7, 11) is 0. The van der Waals surface area contributed by atoms with Gasteiger partial charge in [-0.1, -0.05) is 0 Å². The van der Waals surface area contributed by atoms with Crippen molar-refractivity contribution in [1.82, 2.24) is 10.6 Å². The fourth-order valence-electron chi connectivity index (χ4n) is 2.30. The average molecular weight is 318 g/mol. The number of nitrogens with one attached hydrogen (secondary N) is 3. The van der Waals surface area contributed by atoms with Crippen LogP contribution < -0.4 is 21.7 Å². The van der Waals surface area contributed by atoms with Crippen molar-refractivity contribution in [2.75, 3.05) is 18.4 Å². The number of carbonyl (C=O) groups is 3. The molecule has 0 saturated heterocycles. The standard InChI is InChI=1S/C16H22N4O3/c1-10(17)15(22)18-6-2-3-7-19-16(23)11-4-5-13-12(8-11)9-14(21)20-13/h4-5,8,10H,2-3,6-7,9,17H2,1H3,(H,18,22)(H,19,23)(H,20,21)/t10-/m1/s1. The molecule has 7 nitrogen and oxygen atoms in total. The summed E-state index contributed by atoms with van der Waals surface area (Å²) in [6.45, 7) is 2.71.